The molecule has 2 N–H and O–H groups in total. The average molecular weight is 176 g/mol. The van der Waals surface area contributed by atoms with Gasteiger partial charge in [0.05, 0.1) is 17.0 Å². The number of Topliss-reactive ketones (excluding diaryl/α,β-unsaturated/α-hetero) is 1. The second-order valence-corrected chi connectivity index (χ2v) is 2.42. The summed E-state index contributed by atoms with van der Waals surface area (Å²) in [5, 5.41) is 0. The predicted octanol–water partition coefficient (Wildman–Crippen LogP) is 0.122. The van der Waals surface area contributed by atoms with Gasteiger partial charge in [-0.1, -0.05) is 12.7 Å². The molecule has 0 atom stereocenters. The van der Waals surface area contributed by atoms with E-state index >= 15 is 0 Å². The molecule has 0 saturated heterocycles. The molecule has 0 saturated carbocycles. The number of carbonyl (C=O) groups is 2. The zero-order chi connectivity index (χ0) is 10.0. The number of allylic oxidation sites excluding steroid dienone is 3. The number of nitrogens with zero attached hydrogens (tertiary/aromatic N) is 1. The summed E-state index contributed by atoms with van der Waals surface area (Å²) in [6.45, 7) is 6.65. The van der Waals surface area contributed by atoms with Crippen molar-refractivity contribution < 1.29 is 9.59 Å². The van der Waals surface area contributed by atoms with E-state index in [0.29, 0.717) is 0 Å². The maximum Gasteiger partial charge on any atom is 0.235 e. The zero-order valence-electron chi connectivity index (χ0n) is 6.91. The fraction of sp³-hybridized carbons (Fsp3) is 0. The van der Waals surface area contributed by atoms with Gasteiger partial charge in [-0.2, -0.15) is 0 Å². The molecule has 0 spiro atoms. The molecule has 66 valence electrons. The quantitative estimate of drug-likeness (QED) is 0.369. The Labute approximate surface area is 75.1 Å². The smallest absolute Gasteiger partial charge is 0.235 e. The number of hydrogen-bond acceptors (Lipinski definition) is 4. The third-order valence-corrected chi connectivity index (χ3v) is 1.65. The lowest BCUT2D eigenvalue weighted by Crippen LogP contribution is -2.22. The molecule has 4 heteroatoms. The summed E-state index contributed by atoms with van der Waals surface area (Å²) in [5.74, 6) is -1.30. The summed E-state index contributed by atoms with van der Waals surface area (Å²) in [4.78, 5) is 25.7. The monoisotopic (exact) mass is 176 g/mol. The van der Waals surface area contributed by atoms with E-state index in [1.807, 2.05) is 0 Å². The first-order valence-electron chi connectivity index (χ1n) is 3.51. The number of ketones is 2. The molecule has 1 aliphatic carbocycles. The minimum Gasteiger partial charge on any atom is -0.397 e. The van der Waals surface area contributed by atoms with E-state index in [1.54, 1.807) is 0 Å². The van der Waals surface area contributed by atoms with Crippen LogP contribution in [0.1, 0.15) is 0 Å². The Morgan fingerprint density at radius 3 is 2.54 bits per heavy atom. The molecule has 0 aromatic heterocycles. The van der Waals surface area contributed by atoms with Crippen LogP contribution in [-0.4, -0.2) is 18.3 Å². The summed E-state index contributed by atoms with van der Waals surface area (Å²) < 4.78 is 0. The number of carbonyl (C=O) groups excluding carboxylic acids is 2. The van der Waals surface area contributed by atoms with Gasteiger partial charge in [0.2, 0.25) is 11.6 Å². The lowest BCUT2D eigenvalue weighted by molar-refractivity contribution is -0.131. The predicted molar refractivity (Wildman–Crippen MR) is 49.1 cm³/mol. The molecule has 4 nitrogen and oxygen atoms in total. The van der Waals surface area contributed by atoms with Gasteiger partial charge in [0, 0.05) is 6.08 Å². The Bertz CT molecular complexity index is 375. The summed E-state index contributed by atoms with van der Waals surface area (Å²) in [5.41, 5.74) is 5.94. The molecule has 0 unspecified atom stereocenters. The van der Waals surface area contributed by atoms with Gasteiger partial charge in [-0.05, 0) is 6.72 Å². The summed E-state index contributed by atoms with van der Waals surface area (Å²) in [7, 11) is 0. The Hall–Kier alpha value is -1.97. The van der Waals surface area contributed by atoms with Gasteiger partial charge >= 0.3 is 0 Å². The first-order chi connectivity index (χ1) is 6.11. The van der Waals surface area contributed by atoms with Crippen LogP contribution < -0.4 is 5.73 Å². The normalized spacial score (nSPS) is 17.1. The second-order valence-electron chi connectivity index (χ2n) is 2.42. The van der Waals surface area contributed by atoms with Crippen LogP contribution in [0.2, 0.25) is 0 Å². The van der Waals surface area contributed by atoms with Crippen molar-refractivity contribution in [2.24, 2.45) is 10.7 Å². The fourth-order valence-electron chi connectivity index (χ4n) is 1.04. The molecular formula is C9H8N2O2. The Balaban J connectivity index is 3.39. The van der Waals surface area contributed by atoms with E-state index in [2.05, 4.69) is 18.3 Å². The third-order valence-electron chi connectivity index (χ3n) is 1.65. The first-order valence-corrected chi connectivity index (χ1v) is 3.51. The highest BCUT2D eigenvalue weighted by Gasteiger charge is 2.24. The molecule has 13 heavy (non-hydrogen) atoms. The molecule has 0 aromatic carbocycles. The second kappa shape index (κ2) is 3.18. The van der Waals surface area contributed by atoms with Crippen molar-refractivity contribution in [1.82, 2.24) is 0 Å². The SMILES string of the molecule is C=CC1=C(N=C)C(N)=CC(=O)C1=O. The highest BCUT2D eigenvalue weighted by molar-refractivity contribution is 6.49. The first kappa shape index (κ1) is 9.12. The van der Waals surface area contributed by atoms with Crippen molar-refractivity contribution in [3.63, 3.8) is 0 Å². The van der Waals surface area contributed by atoms with E-state index in [1.165, 1.54) is 6.08 Å². The Morgan fingerprint density at radius 1 is 1.46 bits per heavy atom. The van der Waals surface area contributed by atoms with Gasteiger partial charge in [0.15, 0.2) is 0 Å². The van der Waals surface area contributed by atoms with Gasteiger partial charge < -0.3 is 5.73 Å². The van der Waals surface area contributed by atoms with Crippen LogP contribution in [0.4, 0.5) is 0 Å². The van der Waals surface area contributed by atoms with E-state index in [4.69, 9.17) is 5.73 Å². The highest BCUT2D eigenvalue weighted by Crippen LogP contribution is 2.19. The van der Waals surface area contributed by atoms with Crippen molar-refractivity contribution >= 4 is 18.3 Å². The van der Waals surface area contributed by atoms with Crippen LogP contribution in [0, 0.1) is 0 Å². The summed E-state index contributed by atoms with van der Waals surface area (Å²) >= 11 is 0. The Kier molecular flexibility index (Phi) is 2.23. The third kappa shape index (κ3) is 1.33. The minimum absolute atomic E-state index is 0.111. The van der Waals surface area contributed by atoms with Crippen LogP contribution in [0.25, 0.3) is 0 Å². The van der Waals surface area contributed by atoms with Gasteiger partial charge in [0.25, 0.3) is 0 Å². The van der Waals surface area contributed by atoms with Gasteiger partial charge in [-0.3, -0.25) is 14.6 Å². The van der Waals surface area contributed by atoms with Crippen molar-refractivity contribution in [1.29, 1.82) is 0 Å². The topological polar surface area (TPSA) is 72.5 Å². The van der Waals surface area contributed by atoms with E-state index in [9.17, 15) is 9.59 Å². The molecule has 0 aromatic rings. The Morgan fingerprint density at radius 2 is 2.08 bits per heavy atom. The molecule has 1 aliphatic rings. The van der Waals surface area contributed by atoms with Gasteiger partial charge in [0.1, 0.15) is 0 Å². The average Bonchev–Trinajstić information content (AvgIpc) is 2.10. The molecule has 0 radical (unpaired) electrons. The molecule has 1 rings (SSSR count). The molecular weight excluding hydrogens is 168 g/mol. The fourth-order valence-corrected chi connectivity index (χ4v) is 1.04. The number of hydrogen-bond donors (Lipinski definition) is 1. The standard InChI is InChI=1S/C9H8N2O2/c1-3-5-8(11-2)6(10)4-7(12)9(5)13/h3-4H,1-2,10H2. The molecule has 0 amide bonds. The van der Waals surface area contributed by atoms with Crippen molar-refractivity contribution in [2.75, 3.05) is 0 Å². The van der Waals surface area contributed by atoms with E-state index in [-0.39, 0.29) is 17.0 Å². The number of rotatable bonds is 2. The van der Waals surface area contributed by atoms with E-state index < -0.39 is 11.6 Å². The molecule has 0 fully saturated rings. The summed E-state index contributed by atoms with van der Waals surface area (Å²) in [6.07, 6.45) is 2.30. The maximum absolute atomic E-state index is 11.2. The summed E-state index contributed by atoms with van der Waals surface area (Å²) in [6, 6.07) is 0. The van der Waals surface area contributed by atoms with Crippen molar-refractivity contribution in [2.45, 2.75) is 0 Å². The van der Waals surface area contributed by atoms with Gasteiger partial charge in [-0.25, -0.2) is 0 Å². The lowest BCUT2D eigenvalue weighted by atomic mass is 9.98. The molecule has 0 bridgehead atoms. The zero-order valence-corrected chi connectivity index (χ0v) is 6.91. The van der Waals surface area contributed by atoms with Crippen molar-refractivity contribution in [3.05, 3.63) is 35.7 Å². The highest BCUT2D eigenvalue weighted by atomic mass is 16.2. The van der Waals surface area contributed by atoms with Crippen molar-refractivity contribution in [3.8, 4) is 0 Å². The molecule has 0 heterocycles. The van der Waals surface area contributed by atoms with Crippen LogP contribution in [0.3, 0.4) is 0 Å². The molecule has 0 aliphatic heterocycles. The van der Waals surface area contributed by atoms with Gasteiger partial charge in [-0.15, -0.1) is 0 Å². The van der Waals surface area contributed by atoms with E-state index in [0.717, 1.165) is 6.08 Å². The van der Waals surface area contributed by atoms with Crippen LogP contribution in [0.5, 0.6) is 0 Å². The van der Waals surface area contributed by atoms with Crippen LogP contribution in [-0.2, 0) is 9.59 Å². The maximum atomic E-state index is 11.2. The van der Waals surface area contributed by atoms with Crippen LogP contribution in [0.15, 0.2) is 40.7 Å². The number of nitrogens with two attached hydrogens (primary N) is 1. The van der Waals surface area contributed by atoms with Crippen LogP contribution >= 0.6 is 0 Å². The lowest BCUT2D eigenvalue weighted by Gasteiger charge is -2.10. The number of aliphatic imine (C=N–C) groups is 1. The minimum atomic E-state index is -0.653. The largest absolute Gasteiger partial charge is 0.397 e.